The van der Waals surface area contributed by atoms with Gasteiger partial charge < -0.3 is 20.3 Å². The van der Waals surface area contributed by atoms with Crippen molar-refractivity contribution < 1.29 is 9.53 Å². The molecule has 1 aliphatic rings. The van der Waals surface area contributed by atoms with Gasteiger partial charge >= 0.3 is 6.09 Å². The molecule has 0 aromatic heterocycles. The average molecular weight is 312 g/mol. The molecule has 0 heterocycles. The molecule has 0 aliphatic heterocycles. The number of rotatable bonds is 9. The third kappa shape index (κ3) is 7.00. The summed E-state index contributed by atoms with van der Waals surface area (Å²) in [7, 11) is 2.06. The van der Waals surface area contributed by atoms with E-state index in [1.165, 1.54) is 6.42 Å². The van der Waals surface area contributed by atoms with Crippen LogP contribution in [0.5, 0.6) is 0 Å². The van der Waals surface area contributed by atoms with Crippen LogP contribution >= 0.6 is 0 Å². The van der Waals surface area contributed by atoms with Crippen molar-refractivity contribution in [2.45, 2.75) is 52.5 Å². The van der Waals surface area contributed by atoms with E-state index >= 15 is 0 Å². The molecule has 0 saturated heterocycles. The lowest BCUT2D eigenvalue weighted by atomic mass is 10.2. The molecule has 0 bridgehead atoms. The van der Waals surface area contributed by atoms with Gasteiger partial charge in [0.1, 0.15) is 0 Å². The number of hydrogen-bond acceptors (Lipinski definition) is 3. The first kappa shape index (κ1) is 18.6. The van der Waals surface area contributed by atoms with E-state index in [0.717, 1.165) is 38.3 Å². The average Bonchev–Trinajstić information content (AvgIpc) is 3.32. The number of alkyl carbamates (subject to hydrolysis) is 1. The van der Waals surface area contributed by atoms with Gasteiger partial charge in [0.25, 0.3) is 0 Å². The summed E-state index contributed by atoms with van der Waals surface area (Å²) < 4.78 is 4.98. The topological polar surface area (TPSA) is 66.0 Å². The van der Waals surface area contributed by atoms with E-state index in [4.69, 9.17) is 9.73 Å². The first-order valence-electron chi connectivity index (χ1n) is 8.55. The summed E-state index contributed by atoms with van der Waals surface area (Å²) in [4.78, 5) is 18.5. The molecule has 1 unspecified atom stereocenters. The first-order chi connectivity index (χ1) is 10.6. The lowest BCUT2D eigenvalue weighted by Gasteiger charge is -2.23. The molecule has 2 N–H and O–H groups in total. The van der Waals surface area contributed by atoms with Crippen LogP contribution in [-0.4, -0.2) is 56.3 Å². The maximum Gasteiger partial charge on any atom is 0.407 e. The fourth-order valence-electron chi connectivity index (χ4n) is 2.29. The van der Waals surface area contributed by atoms with Crippen molar-refractivity contribution in [2.75, 3.05) is 33.3 Å². The van der Waals surface area contributed by atoms with E-state index in [-0.39, 0.29) is 12.1 Å². The molecule has 1 aliphatic carbocycles. The van der Waals surface area contributed by atoms with Crippen molar-refractivity contribution in [1.29, 1.82) is 0 Å². The van der Waals surface area contributed by atoms with Crippen molar-refractivity contribution in [1.82, 2.24) is 15.5 Å². The highest BCUT2D eigenvalue weighted by atomic mass is 16.5. The zero-order chi connectivity index (χ0) is 16.4. The number of hydrogen-bond donors (Lipinski definition) is 2. The SMILES string of the molecule is CCCCN(C)C(=NCC(NC(=O)OCC)C1CC1)NCC. The Morgan fingerprint density at radius 2 is 2.09 bits per heavy atom. The van der Waals surface area contributed by atoms with E-state index < -0.39 is 0 Å². The smallest absolute Gasteiger partial charge is 0.407 e. The van der Waals surface area contributed by atoms with E-state index in [0.29, 0.717) is 19.1 Å². The van der Waals surface area contributed by atoms with Gasteiger partial charge in [0, 0.05) is 20.1 Å². The van der Waals surface area contributed by atoms with Crippen molar-refractivity contribution >= 4 is 12.1 Å². The molecular weight excluding hydrogens is 280 g/mol. The van der Waals surface area contributed by atoms with Crippen LogP contribution in [0.3, 0.4) is 0 Å². The Labute approximate surface area is 134 Å². The maximum absolute atomic E-state index is 11.6. The van der Waals surface area contributed by atoms with Gasteiger partial charge in [-0.25, -0.2) is 4.79 Å². The van der Waals surface area contributed by atoms with Gasteiger partial charge in [-0.1, -0.05) is 13.3 Å². The minimum atomic E-state index is -0.334. The van der Waals surface area contributed by atoms with Gasteiger partial charge in [-0.2, -0.15) is 0 Å². The van der Waals surface area contributed by atoms with E-state index in [1.807, 2.05) is 6.92 Å². The summed E-state index contributed by atoms with van der Waals surface area (Å²) in [6, 6.07) is 0.0762. The third-order valence-corrected chi connectivity index (χ3v) is 3.75. The van der Waals surface area contributed by atoms with Crippen molar-refractivity contribution in [3.8, 4) is 0 Å². The van der Waals surface area contributed by atoms with Gasteiger partial charge in [-0.3, -0.25) is 4.99 Å². The third-order valence-electron chi connectivity index (χ3n) is 3.75. The second-order valence-electron chi connectivity index (χ2n) is 5.78. The second-order valence-corrected chi connectivity index (χ2v) is 5.78. The summed E-state index contributed by atoms with van der Waals surface area (Å²) in [5, 5.41) is 6.26. The first-order valence-corrected chi connectivity index (χ1v) is 8.55. The number of nitrogens with zero attached hydrogens (tertiary/aromatic N) is 2. The Hall–Kier alpha value is -1.46. The number of ether oxygens (including phenoxy) is 1. The zero-order valence-electron chi connectivity index (χ0n) is 14.5. The highest BCUT2D eigenvalue weighted by Gasteiger charge is 2.32. The molecule has 6 heteroatoms. The lowest BCUT2D eigenvalue weighted by molar-refractivity contribution is 0.147. The molecule has 0 spiro atoms. The monoisotopic (exact) mass is 312 g/mol. The Morgan fingerprint density at radius 3 is 2.64 bits per heavy atom. The molecule has 1 saturated carbocycles. The predicted molar refractivity (Wildman–Crippen MR) is 90.2 cm³/mol. The summed E-state index contributed by atoms with van der Waals surface area (Å²) in [6.07, 6.45) is 4.30. The number of nitrogens with one attached hydrogen (secondary N) is 2. The Balaban J connectivity index is 2.57. The highest BCUT2D eigenvalue weighted by molar-refractivity contribution is 5.79. The molecule has 1 fully saturated rings. The van der Waals surface area contributed by atoms with Gasteiger partial charge in [0.15, 0.2) is 5.96 Å². The summed E-state index contributed by atoms with van der Waals surface area (Å²) in [6.45, 7) is 8.89. The van der Waals surface area contributed by atoms with Crippen LogP contribution in [-0.2, 0) is 4.74 Å². The summed E-state index contributed by atoms with van der Waals surface area (Å²) >= 11 is 0. The number of carbonyl (C=O) groups is 1. The normalized spacial score (nSPS) is 16.1. The standard InChI is InChI=1S/C16H32N4O2/c1-5-8-11-20(4)15(17-6-2)18-12-14(13-9-10-13)19-16(21)22-7-3/h13-14H,5-12H2,1-4H3,(H,17,18)(H,19,21). The largest absolute Gasteiger partial charge is 0.450 e. The van der Waals surface area contributed by atoms with Crippen LogP contribution in [0.2, 0.25) is 0 Å². The van der Waals surface area contributed by atoms with Crippen molar-refractivity contribution in [2.24, 2.45) is 10.9 Å². The van der Waals surface area contributed by atoms with E-state index in [2.05, 4.69) is 36.4 Å². The molecular formula is C16H32N4O2. The van der Waals surface area contributed by atoms with Crippen LogP contribution in [0.25, 0.3) is 0 Å². The van der Waals surface area contributed by atoms with Crippen LogP contribution in [0.1, 0.15) is 46.5 Å². The van der Waals surface area contributed by atoms with Gasteiger partial charge in [-0.15, -0.1) is 0 Å². The Morgan fingerprint density at radius 1 is 1.36 bits per heavy atom. The molecule has 0 aromatic rings. The lowest BCUT2D eigenvalue weighted by Crippen LogP contribution is -2.42. The number of carbonyl (C=O) groups excluding carboxylic acids is 1. The second kappa shape index (κ2) is 10.3. The van der Waals surface area contributed by atoms with Crippen LogP contribution in [0.15, 0.2) is 4.99 Å². The fourth-order valence-corrected chi connectivity index (χ4v) is 2.29. The van der Waals surface area contributed by atoms with Gasteiger partial charge in [0.05, 0.1) is 19.2 Å². The van der Waals surface area contributed by atoms with Crippen LogP contribution in [0, 0.1) is 5.92 Å². The molecule has 22 heavy (non-hydrogen) atoms. The fraction of sp³-hybridized carbons (Fsp3) is 0.875. The van der Waals surface area contributed by atoms with Crippen LogP contribution < -0.4 is 10.6 Å². The summed E-state index contributed by atoms with van der Waals surface area (Å²) in [5.74, 6) is 1.45. The van der Waals surface area contributed by atoms with E-state index in [1.54, 1.807) is 0 Å². The number of amides is 1. The molecule has 0 radical (unpaired) electrons. The predicted octanol–water partition coefficient (Wildman–Crippen LogP) is 2.21. The molecule has 0 aromatic carbocycles. The van der Waals surface area contributed by atoms with Crippen molar-refractivity contribution in [3.05, 3.63) is 0 Å². The maximum atomic E-state index is 11.6. The number of guanidine groups is 1. The molecule has 6 nitrogen and oxygen atoms in total. The molecule has 128 valence electrons. The molecule has 1 rings (SSSR count). The zero-order valence-corrected chi connectivity index (χ0v) is 14.5. The number of unbranched alkanes of at least 4 members (excludes halogenated alkanes) is 1. The quantitative estimate of drug-likeness (QED) is 0.506. The van der Waals surface area contributed by atoms with E-state index in [9.17, 15) is 4.79 Å². The molecule has 1 atom stereocenters. The minimum absolute atomic E-state index is 0.0762. The van der Waals surface area contributed by atoms with Crippen LogP contribution in [0.4, 0.5) is 4.79 Å². The van der Waals surface area contributed by atoms with Gasteiger partial charge in [-0.05, 0) is 39.0 Å². The molecule has 1 amide bonds. The number of aliphatic imine (C=N–C) groups is 1. The summed E-state index contributed by atoms with van der Waals surface area (Å²) in [5.41, 5.74) is 0. The Kier molecular flexibility index (Phi) is 8.70. The highest BCUT2D eigenvalue weighted by Crippen LogP contribution is 2.32. The minimum Gasteiger partial charge on any atom is -0.450 e. The Bertz CT molecular complexity index is 356. The van der Waals surface area contributed by atoms with Crippen molar-refractivity contribution in [3.63, 3.8) is 0 Å². The van der Waals surface area contributed by atoms with Gasteiger partial charge in [0.2, 0.25) is 0 Å².